The van der Waals surface area contributed by atoms with E-state index in [4.69, 9.17) is 19.9 Å². The zero-order valence-electron chi connectivity index (χ0n) is 28.1. The predicted molar refractivity (Wildman–Crippen MR) is 222 cm³/mol. The number of benzene rings is 7. The van der Waals surface area contributed by atoms with Crippen LogP contribution < -0.4 is 0 Å². The summed E-state index contributed by atoms with van der Waals surface area (Å²) in [6.07, 6.45) is 0. The second kappa shape index (κ2) is 12.0. The van der Waals surface area contributed by atoms with Crippen LogP contribution in [0.4, 0.5) is 0 Å². The summed E-state index contributed by atoms with van der Waals surface area (Å²) in [5.74, 6) is 1.94. The maximum atomic E-state index is 5.09. The number of thiophene rings is 1. The Labute approximate surface area is 312 Å². The van der Waals surface area contributed by atoms with E-state index in [2.05, 4.69) is 132 Å². The number of nitrogens with zero attached hydrogens (tertiary/aromatic N) is 5. The van der Waals surface area contributed by atoms with Crippen molar-refractivity contribution in [2.75, 3.05) is 0 Å². The maximum Gasteiger partial charge on any atom is 0.164 e. The normalized spacial score (nSPS) is 11.8. The van der Waals surface area contributed by atoms with E-state index in [1.165, 1.54) is 35.6 Å². The van der Waals surface area contributed by atoms with Crippen molar-refractivity contribution in [3.05, 3.63) is 164 Å². The monoisotopic (exact) mass is 713 g/mol. The summed E-state index contributed by atoms with van der Waals surface area (Å²) in [6, 6.07) is 57.5. The van der Waals surface area contributed by atoms with Crippen LogP contribution in [0.2, 0.25) is 0 Å². The number of hydrogen-bond donors (Lipinski definition) is 0. The molecule has 0 aliphatic rings. The summed E-state index contributed by atoms with van der Waals surface area (Å²) in [6.45, 7) is 0. The second-order valence-corrected chi connectivity index (χ2v) is 15.2. The van der Waals surface area contributed by atoms with E-state index in [9.17, 15) is 0 Å². The summed E-state index contributed by atoms with van der Waals surface area (Å²) in [5.41, 5.74) is 8.34. The largest absolute Gasteiger partial charge is 0.309 e. The fraction of sp³-hybridized carbons (Fsp3) is 0. The SMILES string of the molecule is c1ccc(-c2nc(-c3ccc(-n4c5ccccc5c5ccc(-c6nc7ccccc7s6)cc54)cc3)nc(-c3ccc4c(c3)sc3ccccc34)n2)cc1. The average Bonchev–Trinajstić information content (AvgIpc) is 3.92. The van der Waals surface area contributed by atoms with Crippen molar-refractivity contribution in [3.63, 3.8) is 0 Å². The van der Waals surface area contributed by atoms with Gasteiger partial charge in [-0.1, -0.05) is 103 Å². The molecule has 0 bridgehead atoms. The van der Waals surface area contributed by atoms with E-state index >= 15 is 0 Å². The number of rotatable bonds is 5. The van der Waals surface area contributed by atoms with Gasteiger partial charge in [0.15, 0.2) is 17.5 Å². The molecule has 5 nitrogen and oxygen atoms in total. The fourth-order valence-corrected chi connectivity index (χ4v) is 9.46. The van der Waals surface area contributed by atoms with E-state index in [0.29, 0.717) is 17.5 Å². The molecule has 7 aromatic carbocycles. The van der Waals surface area contributed by atoms with Gasteiger partial charge in [0, 0.05) is 58.9 Å². The summed E-state index contributed by atoms with van der Waals surface area (Å²) in [7, 11) is 0. The highest BCUT2D eigenvalue weighted by Crippen LogP contribution is 2.39. The van der Waals surface area contributed by atoms with E-state index in [1.807, 2.05) is 36.4 Å². The van der Waals surface area contributed by atoms with Gasteiger partial charge in [-0.3, -0.25) is 0 Å². The first kappa shape index (κ1) is 30.1. The molecule has 4 heterocycles. The van der Waals surface area contributed by atoms with Gasteiger partial charge in [0.05, 0.1) is 21.3 Å². The lowest BCUT2D eigenvalue weighted by Crippen LogP contribution is -2.00. The number of fused-ring (bicyclic) bond motifs is 7. The van der Waals surface area contributed by atoms with Crippen LogP contribution in [0.15, 0.2) is 164 Å². The van der Waals surface area contributed by atoms with Gasteiger partial charge >= 0.3 is 0 Å². The molecular weight excluding hydrogens is 687 g/mol. The predicted octanol–water partition coefficient (Wildman–Crippen LogP) is 12.6. The molecule has 0 aliphatic heterocycles. The number of hydrogen-bond acceptors (Lipinski definition) is 6. The molecule has 0 amide bonds. The Morgan fingerprint density at radius 1 is 0.358 bits per heavy atom. The van der Waals surface area contributed by atoms with Crippen LogP contribution >= 0.6 is 22.7 Å². The van der Waals surface area contributed by atoms with Gasteiger partial charge in [-0.2, -0.15) is 0 Å². The van der Waals surface area contributed by atoms with Gasteiger partial charge in [-0.25, -0.2) is 19.9 Å². The van der Waals surface area contributed by atoms with E-state index in [0.717, 1.165) is 49.5 Å². The maximum absolute atomic E-state index is 5.09. The molecule has 0 unspecified atom stereocenters. The van der Waals surface area contributed by atoms with Crippen molar-refractivity contribution in [2.24, 2.45) is 0 Å². The lowest BCUT2D eigenvalue weighted by atomic mass is 10.1. The van der Waals surface area contributed by atoms with E-state index < -0.39 is 0 Å². The molecule has 0 saturated carbocycles. The minimum Gasteiger partial charge on any atom is -0.309 e. The number of aromatic nitrogens is 5. The highest BCUT2D eigenvalue weighted by Gasteiger charge is 2.17. The molecule has 248 valence electrons. The Morgan fingerprint density at radius 2 is 0.943 bits per heavy atom. The van der Waals surface area contributed by atoms with Crippen molar-refractivity contribution in [1.82, 2.24) is 24.5 Å². The van der Waals surface area contributed by atoms with Crippen LogP contribution in [0, 0.1) is 0 Å². The highest BCUT2D eigenvalue weighted by molar-refractivity contribution is 7.25. The molecule has 0 radical (unpaired) electrons. The Kier molecular flexibility index (Phi) is 6.83. The van der Waals surface area contributed by atoms with Crippen molar-refractivity contribution in [2.45, 2.75) is 0 Å². The van der Waals surface area contributed by atoms with Crippen molar-refractivity contribution < 1.29 is 0 Å². The third-order valence-electron chi connectivity index (χ3n) is 9.90. The Bertz CT molecular complexity index is 3140. The van der Waals surface area contributed by atoms with Crippen LogP contribution in [0.1, 0.15) is 0 Å². The van der Waals surface area contributed by atoms with Crippen molar-refractivity contribution >= 4 is 74.9 Å². The topological polar surface area (TPSA) is 56.5 Å². The number of para-hydroxylation sites is 2. The molecule has 0 aliphatic carbocycles. The second-order valence-electron chi connectivity index (χ2n) is 13.1. The lowest BCUT2D eigenvalue weighted by molar-refractivity contribution is 1.07. The average molecular weight is 714 g/mol. The summed E-state index contributed by atoms with van der Waals surface area (Å²) < 4.78 is 6.03. The smallest absolute Gasteiger partial charge is 0.164 e. The number of thiazole rings is 1. The van der Waals surface area contributed by atoms with E-state index in [-0.39, 0.29) is 0 Å². The summed E-state index contributed by atoms with van der Waals surface area (Å²) in [4.78, 5) is 20.1. The molecule has 0 atom stereocenters. The molecule has 0 saturated heterocycles. The summed E-state index contributed by atoms with van der Waals surface area (Å²) >= 11 is 3.53. The van der Waals surface area contributed by atoms with Crippen LogP contribution in [0.3, 0.4) is 0 Å². The van der Waals surface area contributed by atoms with Crippen molar-refractivity contribution in [3.8, 4) is 50.4 Å². The third-order valence-corrected chi connectivity index (χ3v) is 12.1. The van der Waals surface area contributed by atoms with Gasteiger partial charge in [-0.15, -0.1) is 22.7 Å². The molecule has 7 heteroatoms. The molecule has 0 spiro atoms. The molecule has 0 fully saturated rings. The Hall–Kier alpha value is -6.54. The summed E-state index contributed by atoms with van der Waals surface area (Å²) in [5, 5.41) is 5.97. The van der Waals surface area contributed by atoms with Crippen LogP contribution in [-0.4, -0.2) is 24.5 Å². The minimum absolute atomic E-state index is 0.636. The van der Waals surface area contributed by atoms with Gasteiger partial charge in [-0.05, 0) is 60.7 Å². The Morgan fingerprint density at radius 3 is 1.75 bits per heavy atom. The fourth-order valence-electron chi connectivity index (χ4n) is 7.35. The van der Waals surface area contributed by atoms with Gasteiger partial charge in [0.25, 0.3) is 0 Å². The zero-order valence-corrected chi connectivity index (χ0v) is 29.8. The highest BCUT2D eigenvalue weighted by atomic mass is 32.1. The molecule has 0 N–H and O–H groups in total. The first-order chi connectivity index (χ1) is 26.2. The molecular formula is C46H27N5S2. The van der Waals surface area contributed by atoms with Crippen LogP contribution in [-0.2, 0) is 0 Å². The minimum atomic E-state index is 0.636. The van der Waals surface area contributed by atoms with Crippen LogP contribution in [0.25, 0.3) is 103 Å². The Balaban J connectivity index is 1.04. The molecule has 11 rings (SSSR count). The van der Waals surface area contributed by atoms with Gasteiger partial charge in [0.1, 0.15) is 5.01 Å². The van der Waals surface area contributed by atoms with Crippen molar-refractivity contribution in [1.29, 1.82) is 0 Å². The third kappa shape index (κ3) is 5.04. The quantitative estimate of drug-likeness (QED) is 0.178. The first-order valence-electron chi connectivity index (χ1n) is 17.5. The van der Waals surface area contributed by atoms with Crippen LogP contribution in [0.5, 0.6) is 0 Å². The standard InChI is InChI=1S/C46H27N5S2/c1-2-10-28(11-3-1)43-48-44(50-45(49-43)30-20-25-36-35-13-5-8-16-40(35)52-42(36)27-30)29-18-22-32(23-19-29)51-38-15-7-4-12-33(38)34-24-21-31(26-39(34)51)46-47-37-14-6-9-17-41(37)53-46/h1-27H. The zero-order chi connectivity index (χ0) is 34.9. The lowest BCUT2D eigenvalue weighted by Gasteiger charge is -2.11. The molecule has 4 aromatic heterocycles. The molecule has 11 aromatic rings. The van der Waals surface area contributed by atoms with E-state index in [1.54, 1.807) is 22.7 Å². The first-order valence-corrected chi connectivity index (χ1v) is 19.1. The van der Waals surface area contributed by atoms with Gasteiger partial charge in [0.2, 0.25) is 0 Å². The molecule has 53 heavy (non-hydrogen) atoms. The van der Waals surface area contributed by atoms with Gasteiger partial charge < -0.3 is 4.57 Å².